The molecule has 0 saturated heterocycles. The van der Waals surface area contributed by atoms with Gasteiger partial charge in [-0.2, -0.15) is 0 Å². The van der Waals surface area contributed by atoms with Gasteiger partial charge in [-0.1, -0.05) is 54.2 Å². The molecule has 1 unspecified atom stereocenters. The SMILES string of the molecule is CCCCP(=O)(C(=O)c1c(Cl)cc(Cl)cc1Cl)C(=O)c1c(OC)cccc1OC. The monoisotopic (exact) mass is 476 g/mol. The summed E-state index contributed by atoms with van der Waals surface area (Å²) >= 11 is 18.2. The van der Waals surface area contributed by atoms with Gasteiger partial charge in [0.1, 0.15) is 17.1 Å². The predicted octanol–water partition coefficient (Wildman–Crippen LogP) is 6.81. The van der Waals surface area contributed by atoms with Crippen LogP contribution in [0.4, 0.5) is 0 Å². The van der Waals surface area contributed by atoms with E-state index in [-0.39, 0.29) is 43.9 Å². The van der Waals surface area contributed by atoms with Gasteiger partial charge in [0, 0.05) is 11.2 Å². The molecule has 0 aliphatic heterocycles. The molecule has 0 bridgehead atoms. The van der Waals surface area contributed by atoms with Crippen LogP contribution in [0.15, 0.2) is 30.3 Å². The first-order valence-corrected chi connectivity index (χ1v) is 11.8. The molecular weight excluding hydrogens is 458 g/mol. The second kappa shape index (κ2) is 9.99. The average molecular weight is 478 g/mol. The molecule has 0 saturated carbocycles. The number of unbranched alkanes of at least 4 members (excludes halogenated alkanes) is 1. The summed E-state index contributed by atoms with van der Waals surface area (Å²) in [6.07, 6.45) is 0.905. The number of methoxy groups -OCH3 is 2. The maximum Gasteiger partial charge on any atom is 0.236 e. The number of rotatable bonds is 9. The highest BCUT2D eigenvalue weighted by atomic mass is 35.5. The molecule has 0 amide bonds. The Balaban J connectivity index is 2.70. The highest BCUT2D eigenvalue weighted by molar-refractivity contribution is 7.95. The highest BCUT2D eigenvalue weighted by Gasteiger charge is 2.44. The fraction of sp³-hybridized carbons (Fsp3) is 0.300. The first-order chi connectivity index (χ1) is 13.7. The van der Waals surface area contributed by atoms with Crippen LogP contribution in [0.1, 0.15) is 40.5 Å². The molecule has 2 aromatic rings. The van der Waals surface area contributed by atoms with Crippen molar-refractivity contribution in [2.45, 2.75) is 19.8 Å². The Morgan fingerprint density at radius 3 is 1.86 bits per heavy atom. The molecular formula is C20H20Cl3O5P. The zero-order valence-electron chi connectivity index (χ0n) is 16.1. The van der Waals surface area contributed by atoms with Gasteiger partial charge in [0.2, 0.25) is 18.2 Å². The van der Waals surface area contributed by atoms with Crippen molar-refractivity contribution in [3.63, 3.8) is 0 Å². The summed E-state index contributed by atoms with van der Waals surface area (Å²) in [4.78, 5) is 26.8. The summed E-state index contributed by atoms with van der Waals surface area (Å²) in [5, 5.41) is 0.0886. The van der Waals surface area contributed by atoms with Crippen molar-refractivity contribution >= 4 is 53.0 Å². The molecule has 29 heavy (non-hydrogen) atoms. The topological polar surface area (TPSA) is 69.7 Å². The van der Waals surface area contributed by atoms with Gasteiger partial charge < -0.3 is 14.0 Å². The largest absolute Gasteiger partial charge is 0.496 e. The van der Waals surface area contributed by atoms with Crippen molar-refractivity contribution in [2.24, 2.45) is 0 Å². The van der Waals surface area contributed by atoms with Crippen molar-refractivity contribution in [3.05, 3.63) is 56.5 Å². The van der Waals surface area contributed by atoms with E-state index in [0.717, 1.165) is 0 Å². The Kier molecular flexibility index (Phi) is 8.18. The smallest absolute Gasteiger partial charge is 0.236 e. The summed E-state index contributed by atoms with van der Waals surface area (Å²) in [7, 11) is -1.42. The minimum atomic E-state index is -4.16. The van der Waals surface area contributed by atoms with Crippen LogP contribution >= 0.6 is 41.9 Å². The Hall–Kier alpha value is -1.52. The normalized spacial score (nSPS) is 12.9. The summed E-state index contributed by atoms with van der Waals surface area (Å²) in [5.41, 5.74) is -1.99. The predicted molar refractivity (Wildman–Crippen MR) is 117 cm³/mol. The molecule has 0 heterocycles. The standard InChI is InChI=1S/C20H20Cl3O5P/c1-4-5-9-29(26,19(24)17-13(22)10-12(21)11-14(17)23)20(25)18-15(27-2)7-6-8-16(18)28-3/h6-8,10-11H,4-5,9H2,1-3H3. The minimum Gasteiger partial charge on any atom is -0.496 e. The van der Waals surface area contributed by atoms with Gasteiger partial charge in [-0.25, -0.2) is 0 Å². The van der Waals surface area contributed by atoms with E-state index in [9.17, 15) is 14.2 Å². The molecule has 0 aliphatic carbocycles. The molecule has 0 spiro atoms. The van der Waals surface area contributed by atoms with Crippen LogP contribution < -0.4 is 9.47 Å². The summed E-state index contributed by atoms with van der Waals surface area (Å²) in [6.45, 7) is 1.87. The van der Waals surface area contributed by atoms with Crippen molar-refractivity contribution in [1.29, 1.82) is 0 Å². The maximum atomic E-state index is 13.9. The van der Waals surface area contributed by atoms with E-state index in [4.69, 9.17) is 44.3 Å². The lowest BCUT2D eigenvalue weighted by molar-refractivity contribution is 0.103. The van der Waals surface area contributed by atoms with Gasteiger partial charge in [0.15, 0.2) is 0 Å². The van der Waals surface area contributed by atoms with E-state index in [0.29, 0.717) is 12.8 Å². The minimum absolute atomic E-state index is 0.0495. The van der Waals surface area contributed by atoms with Crippen LogP contribution in [-0.4, -0.2) is 31.4 Å². The van der Waals surface area contributed by atoms with Crippen LogP contribution in [0, 0.1) is 0 Å². The molecule has 0 fully saturated rings. The Morgan fingerprint density at radius 1 is 0.931 bits per heavy atom. The number of hydrogen-bond donors (Lipinski definition) is 0. The molecule has 1 atom stereocenters. The van der Waals surface area contributed by atoms with Crippen molar-refractivity contribution in [1.82, 2.24) is 0 Å². The van der Waals surface area contributed by atoms with E-state index >= 15 is 0 Å². The van der Waals surface area contributed by atoms with Gasteiger partial charge in [-0.05, 0) is 30.7 Å². The zero-order chi connectivity index (χ0) is 21.8. The Labute approximate surface area is 184 Å². The second-order valence-corrected chi connectivity index (χ2v) is 10.2. The number of carbonyl (C=O) groups is 2. The van der Waals surface area contributed by atoms with Crippen molar-refractivity contribution in [2.75, 3.05) is 20.4 Å². The first-order valence-electron chi connectivity index (χ1n) is 8.75. The van der Waals surface area contributed by atoms with Crippen LogP contribution in [-0.2, 0) is 4.57 Å². The fourth-order valence-electron chi connectivity index (χ4n) is 2.85. The van der Waals surface area contributed by atoms with E-state index in [2.05, 4.69) is 0 Å². The van der Waals surface area contributed by atoms with Gasteiger partial charge in [-0.15, -0.1) is 0 Å². The lowest BCUT2D eigenvalue weighted by Crippen LogP contribution is -2.16. The number of benzene rings is 2. The molecule has 5 nitrogen and oxygen atoms in total. The summed E-state index contributed by atoms with van der Waals surface area (Å²) < 4.78 is 24.4. The Morgan fingerprint density at radius 2 is 1.41 bits per heavy atom. The lowest BCUT2D eigenvalue weighted by Gasteiger charge is -2.20. The molecule has 0 N–H and O–H groups in total. The summed E-state index contributed by atoms with van der Waals surface area (Å²) in [6, 6.07) is 7.33. The molecule has 0 aromatic heterocycles. The molecule has 9 heteroatoms. The number of halogens is 3. The van der Waals surface area contributed by atoms with Crippen LogP contribution in [0.25, 0.3) is 0 Å². The third kappa shape index (κ3) is 4.80. The van der Waals surface area contributed by atoms with Crippen LogP contribution in [0.5, 0.6) is 11.5 Å². The Bertz CT molecular complexity index is 945. The first kappa shape index (κ1) is 23.8. The molecule has 0 aliphatic rings. The van der Waals surface area contributed by atoms with E-state index in [1.807, 2.05) is 6.92 Å². The molecule has 0 radical (unpaired) electrons. The zero-order valence-corrected chi connectivity index (χ0v) is 19.3. The van der Waals surface area contributed by atoms with E-state index in [1.165, 1.54) is 38.5 Å². The van der Waals surface area contributed by atoms with E-state index in [1.54, 1.807) is 6.07 Å². The van der Waals surface area contributed by atoms with Gasteiger partial charge in [0.05, 0.1) is 29.8 Å². The van der Waals surface area contributed by atoms with Crippen molar-refractivity contribution in [3.8, 4) is 11.5 Å². The molecule has 2 aromatic carbocycles. The van der Waals surface area contributed by atoms with Crippen LogP contribution in [0.3, 0.4) is 0 Å². The summed E-state index contributed by atoms with van der Waals surface area (Å²) in [5.74, 6) is 0.319. The van der Waals surface area contributed by atoms with Gasteiger partial charge in [0.25, 0.3) is 0 Å². The quantitative estimate of drug-likeness (QED) is 0.371. The number of ether oxygens (including phenoxy) is 2. The lowest BCUT2D eigenvalue weighted by atomic mass is 10.2. The number of hydrogen-bond acceptors (Lipinski definition) is 5. The number of carbonyl (C=O) groups excluding carboxylic acids is 2. The average Bonchev–Trinajstić information content (AvgIpc) is 2.69. The maximum absolute atomic E-state index is 13.9. The third-order valence-electron chi connectivity index (χ3n) is 4.35. The van der Waals surface area contributed by atoms with Crippen molar-refractivity contribution < 1.29 is 23.6 Å². The molecule has 156 valence electrons. The highest BCUT2D eigenvalue weighted by Crippen LogP contribution is 2.56. The van der Waals surface area contributed by atoms with Gasteiger partial charge >= 0.3 is 0 Å². The van der Waals surface area contributed by atoms with Gasteiger partial charge in [-0.3, -0.25) is 9.59 Å². The van der Waals surface area contributed by atoms with E-state index < -0.39 is 18.2 Å². The second-order valence-electron chi connectivity index (χ2n) is 6.21. The fourth-order valence-corrected chi connectivity index (χ4v) is 6.50. The molecule has 2 rings (SSSR count). The van der Waals surface area contributed by atoms with Crippen LogP contribution in [0.2, 0.25) is 15.1 Å². The third-order valence-corrected chi connectivity index (χ3v) is 7.87.